The molecule has 2 heterocycles. The minimum absolute atomic E-state index is 0.285. The van der Waals surface area contributed by atoms with Gasteiger partial charge in [0.15, 0.2) is 5.82 Å². The molecule has 68 valence electrons. The van der Waals surface area contributed by atoms with Crippen LogP contribution in [-0.2, 0) is 0 Å². The van der Waals surface area contributed by atoms with Crippen LogP contribution in [0.4, 0.5) is 4.39 Å². The zero-order chi connectivity index (χ0) is 9.97. The summed E-state index contributed by atoms with van der Waals surface area (Å²) >= 11 is 0. The second-order valence-electron chi connectivity index (χ2n) is 2.58. The lowest BCUT2D eigenvalue weighted by Gasteiger charge is -2.00. The first-order chi connectivity index (χ1) is 6.81. The van der Waals surface area contributed by atoms with Crippen LogP contribution in [0.25, 0.3) is 5.95 Å². The standard InChI is InChI=1S/C9H5FN4/c10-7-5-12-9(13-6-7)14-3-1-2-8(14)4-11/h1-3,5-6H. The zero-order valence-corrected chi connectivity index (χ0v) is 7.05. The second kappa shape index (κ2) is 3.26. The fraction of sp³-hybridized carbons (Fsp3) is 0. The molecule has 4 nitrogen and oxygen atoms in total. The number of halogens is 1. The van der Waals surface area contributed by atoms with Crippen LogP contribution in [0.1, 0.15) is 5.69 Å². The van der Waals surface area contributed by atoms with E-state index in [4.69, 9.17) is 5.26 Å². The molecule has 5 heteroatoms. The Labute approximate surface area is 79.3 Å². The van der Waals surface area contributed by atoms with Crippen molar-refractivity contribution in [2.45, 2.75) is 0 Å². The first-order valence-corrected chi connectivity index (χ1v) is 3.86. The van der Waals surface area contributed by atoms with E-state index in [0.717, 1.165) is 12.4 Å². The molecule has 2 rings (SSSR count). The van der Waals surface area contributed by atoms with E-state index >= 15 is 0 Å². The van der Waals surface area contributed by atoms with Gasteiger partial charge in [-0.05, 0) is 12.1 Å². The zero-order valence-electron chi connectivity index (χ0n) is 7.05. The van der Waals surface area contributed by atoms with Crippen LogP contribution in [-0.4, -0.2) is 14.5 Å². The highest BCUT2D eigenvalue weighted by molar-refractivity contribution is 5.29. The molecule has 0 saturated heterocycles. The number of rotatable bonds is 1. The molecule has 0 N–H and O–H groups in total. The molecule has 0 unspecified atom stereocenters. The van der Waals surface area contributed by atoms with Gasteiger partial charge in [0.1, 0.15) is 11.8 Å². The summed E-state index contributed by atoms with van der Waals surface area (Å²) in [6.07, 6.45) is 3.76. The maximum atomic E-state index is 12.5. The molecule has 2 aromatic rings. The first kappa shape index (κ1) is 8.38. The van der Waals surface area contributed by atoms with Gasteiger partial charge in [0.2, 0.25) is 5.95 Å². The molecule has 0 aliphatic rings. The van der Waals surface area contributed by atoms with E-state index in [1.807, 2.05) is 6.07 Å². The Kier molecular flexibility index (Phi) is 1.95. The number of aromatic nitrogens is 3. The predicted octanol–water partition coefficient (Wildman–Crippen LogP) is 1.28. The number of hydrogen-bond acceptors (Lipinski definition) is 3. The molecule has 0 fully saturated rings. The summed E-state index contributed by atoms with van der Waals surface area (Å²) in [6.45, 7) is 0. The average Bonchev–Trinajstić information content (AvgIpc) is 2.67. The average molecular weight is 188 g/mol. The van der Waals surface area contributed by atoms with Gasteiger partial charge in [-0.3, -0.25) is 4.57 Å². The number of nitriles is 1. The van der Waals surface area contributed by atoms with Crippen molar-refractivity contribution in [3.63, 3.8) is 0 Å². The molecule has 0 atom stereocenters. The van der Waals surface area contributed by atoms with Crippen LogP contribution in [0.2, 0.25) is 0 Å². The normalized spacial score (nSPS) is 9.71. The Morgan fingerprint density at radius 2 is 2.07 bits per heavy atom. The van der Waals surface area contributed by atoms with Gasteiger partial charge < -0.3 is 0 Å². The van der Waals surface area contributed by atoms with E-state index in [1.165, 1.54) is 4.57 Å². The van der Waals surface area contributed by atoms with Gasteiger partial charge in [-0.1, -0.05) is 0 Å². The molecule has 0 amide bonds. The van der Waals surface area contributed by atoms with Gasteiger partial charge in [-0.15, -0.1) is 0 Å². The lowest BCUT2D eigenvalue weighted by atomic mass is 10.5. The van der Waals surface area contributed by atoms with E-state index in [0.29, 0.717) is 5.69 Å². The molecule has 0 bridgehead atoms. The van der Waals surface area contributed by atoms with Crippen LogP contribution in [0.5, 0.6) is 0 Å². The fourth-order valence-electron chi connectivity index (χ4n) is 1.08. The third-order valence-electron chi connectivity index (χ3n) is 1.69. The van der Waals surface area contributed by atoms with Crippen molar-refractivity contribution in [2.24, 2.45) is 0 Å². The van der Waals surface area contributed by atoms with Crippen molar-refractivity contribution < 1.29 is 4.39 Å². The maximum Gasteiger partial charge on any atom is 0.234 e. The Bertz CT molecular complexity index is 480. The quantitative estimate of drug-likeness (QED) is 0.677. The Morgan fingerprint density at radius 3 is 2.71 bits per heavy atom. The molecule has 0 aliphatic carbocycles. The van der Waals surface area contributed by atoms with Gasteiger partial charge in [0.25, 0.3) is 0 Å². The minimum atomic E-state index is -0.501. The lowest BCUT2D eigenvalue weighted by Crippen LogP contribution is -2.01. The summed E-state index contributed by atoms with van der Waals surface area (Å²) in [7, 11) is 0. The van der Waals surface area contributed by atoms with Crippen LogP contribution >= 0.6 is 0 Å². The predicted molar refractivity (Wildman–Crippen MR) is 46.0 cm³/mol. The van der Waals surface area contributed by atoms with Crippen molar-refractivity contribution >= 4 is 0 Å². The summed E-state index contributed by atoms with van der Waals surface area (Å²) in [5, 5.41) is 8.72. The van der Waals surface area contributed by atoms with Gasteiger partial charge in [0.05, 0.1) is 12.4 Å². The third kappa shape index (κ3) is 1.33. The maximum absolute atomic E-state index is 12.5. The van der Waals surface area contributed by atoms with Crippen LogP contribution in [0.15, 0.2) is 30.7 Å². The Balaban J connectivity index is 2.50. The molecule has 0 radical (unpaired) electrons. The summed E-state index contributed by atoms with van der Waals surface area (Å²) in [5.74, 6) is -0.215. The van der Waals surface area contributed by atoms with E-state index in [9.17, 15) is 4.39 Å². The number of hydrogen-bond donors (Lipinski definition) is 0. The fourth-order valence-corrected chi connectivity index (χ4v) is 1.08. The molecular formula is C9H5FN4. The third-order valence-corrected chi connectivity index (χ3v) is 1.69. The number of nitrogens with zero attached hydrogens (tertiary/aromatic N) is 4. The van der Waals surface area contributed by atoms with Crippen LogP contribution in [0, 0.1) is 17.1 Å². The summed E-state index contributed by atoms with van der Waals surface area (Å²) in [4.78, 5) is 7.51. The van der Waals surface area contributed by atoms with Crippen molar-refractivity contribution in [1.29, 1.82) is 5.26 Å². The Morgan fingerprint density at radius 1 is 1.36 bits per heavy atom. The molecule has 0 aliphatic heterocycles. The van der Waals surface area contributed by atoms with E-state index in [2.05, 4.69) is 9.97 Å². The van der Waals surface area contributed by atoms with Gasteiger partial charge in [0, 0.05) is 6.20 Å². The highest BCUT2D eigenvalue weighted by atomic mass is 19.1. The monoisotopic (exact) mass is 188 g/mol. The van der Waals surface area contributed by atoms with Crippen LogP contribution < -0.4 is 0 Å². The molecule has 0 aromatic carbocycles. The molecular weight excluding hydrogens is 183 g/mol. The van der Waals surface area contributed by atoms with Crippen molar-refractivity contribution in [3.05, 3.63) is 42.2 Å². The topological polar surface area (TPSA) is 54.5 Å². The molecule has 2 aromatic heterocycles. The lowest BCUT2D eigenvalue weighted by molar-refractivity contribution is 0.611. The summed E-state index contributed by atoms with van der Waals surface area (Å²) in [6, 6.07) is 5.31. The van der Waals surface area contributed by atoms with E-state index < -0.39 is 5.82 Å². The first-order valence-electron chi connectivity index (χ1n) is 3.86. The van der Waals surface area contributed by atoms with E-state index in [-0.39, 0.29) is 5.95 Å². The minimum Gasteiger partial charge on any atom is -0.276 e. The van der Waals surface area contributed by atoms with Crippen molar-refractivity contribution in [1.82, 2.24) is 14.5 Å². The SMILES string of the molecule is N#Cc1cccn1-c1ncc(F)cn1. The Hall–Kier alpha value is -2.22. The van der Waals surface area contributed by atoms with Gasteiger partial charge in [-0.25, -0.2) is 14.4 Å². The molecule has 14 heavy (non-hydrogen) atoms. The van der Waals surface area contributed by atoms with Gasteiger partial charge in [-0.2, -0.15) is 5.26 Å². The molecule has 0 spiro atoms. The van der Waals surface area contributed by atoms with Crippen molar-refractivity contribution in [2.75, 3.05) is 0 Å². The second-order valence-corrected chi connectivity index (χ2v) is 2.58. The van der Waals surface area contributed by atoms with Crippen molar-refractivity contribution in [3.8, 4) is 12.0 Å². The molecule has 0 saturated carbocycles. The highest BCUT2D eigenvalue weighted by Crippen LogP contribution is 2.06. The van der Waals surface area contributed by atoms with Crippen LogP contribution in [0.3, 0.4) is 0 Å². The smallest absolute Gasteiger partial charge is 0.234 e. The summed E-state index contributed by atoms with van der Waals surface area (Å²) in [5.41, 5.74) is 0.414. The largest absolute Gasteiger partial charge is 0.276 e. The van der Waals surface area contributed by atoms with Gasteiger partial charge >= 0.3 is 0 Å². The summed E-state index contributed by atoms with van der Waals surface area (Å²) < 4.78 is 14.0. The van der Waals surface area contributed by atoms with E-state index in [1.54, 1.807) is 18.3 Å². The highest BCUT2D eigenvalue weighted by Gasteiger charge is 2.04.